The number of nitrogens with zero attached hydrogens (tertiary/aromatic N) is 10. The fourth-order valence-corrected chi connectivity index (χ4v) is 8.22. The summed E-state index contributed by atoms with van der Waals surface area (Å²) in [4.78, 5) is 22.7. The molecular formula is C57H51N10O2Pt2-5. The van der Waals surface area contributed by atoms with Gasteiger partial charge in [-0.1, -0.05) is 109 Å². The standard InChI is InChI=1S/C32H32N4O2.C25H19N6.2Pt/c1-23-18-26(4)32(29(19-23)35-21-33-27-11-7-5-8-12-27)38-16-15-37-30-20-24(2)17-25(3)31(30)36-22-34-28-13-9-6-10-14-28;1-31(19-29(21-12-6-3-7-13-21)25-23(31)15-9-17-27-25)30-18-28(20-10-4-2-5-11-20)24-22(30)14-8-16-26-24;;/h5-14,17-22H,15-16H2,1-4H3;2-10,12,14-19H,1H3;;/q-2;-3;;. The molecule has 8 aromatic rings. The maximum absolute atomic E-state index is 6.15. The molecule has 12 nitrogen and oxygen atoms in total. The Morgan fingerprint density at radius 1 is 0.620 bits per heavy atom. The summed E-state index contributed by atoms with van der Waals surface area (Å²) in [7, 11) is 2.15. The molecule has 2 aliphatic heterocycles. The van der Waals surface area contributed by atoms with Gasteiger partial charge in [-0.25, -0.2) is 9.97 Å². The van der Waals surface area contributed by atoms with Crippen LogP contribution in [-0.4, -0.2) is 42.9 Å². The second kappa shape index (κ2) is 24.1. The molecule has 0 bridgehead atoms. The number of rotatable bonds is 14. The molecule has 0 amide bonds. The smallest absolute Gasteiger partial charge is 0.170 e. The Kier molecular flexibility index (Phi) is 17.6. The first-order valence-electron chi connectivity index (χ1n) is 22.6. The Morgan fingerprint density at radius 2 is 1.20 bits per heavy atom. The number of para-hydroxylation sites is 4. The van der Waals surface area contributed by atoms with Gasteiger partial charge in [0.05, 0.1) is 12.7 Å². The molecule has 10 rings (SSSR count). The Hall–Kier alpha value is -7.10. The summed E-state index contributed by atoms with van der Waals surface area (Å²) in [6.45, 7) is 13.1. The Bertz CT molecular complexity index is 3060. The van der Waals surface area contributed by atoms with Gasteiger partial charge in [0.1, 0.15) is 30.5 Å². The van der Waals surface area contributed by atoms with Gasteiger partial charge in [0.25, 0.3) is 0 Å². The first kappa shape index (κ1) is 51.7. The van der Waals surface area contributed by atoms with E-state index in [4.69, 9.17) is 14.5 Å². The van der Waals surface area contributed by atoms with Gasteiger partial charge in [0, 0.05) is 72.0 Å². The number of benzene rings is 6. The molecule has 1 atom stereocenters. The summed E-state index contributed by atoms with van der Waals surface area (Å²) in [5, 5.41) is 11.0. The fraction of sp³-hybridized carbons (Fsp3) is 0.123. The first-order valence-corrected chi connectivity index (χ1v) is 22.6. The van der Waals surface area contributed by atoms with E-state index in [0.717, 1.165) is 85.1 Å². The minimum atomic E-state index is 0. The van der Waals surface area contributed by atoms with Crippen LogP contribution in [0.1, 0.15) is 22.3 Å². The van der Waals surface area contributed by atoms with Crippen molar-refractivity contribution < 1.29 is 51.6 Å². The molecule has 0 saturated heterocycles. The van der Waals surface area contributed by atoms with Crippen LogP contribution in [0.25, 0.3) is 10.6 Å². The fourth-order valence-electron chi connectivity index (χ4n) is 8.22. The number of ether oxygens (including phenoxy) is 2. The van der Waals surface area contributed by atoms with Crippen LogP contribution in [0.5, 0.6) is 11.5 Å². The maximum atomic E-state index is 6.15. The number of anilines is 5. The van der Waals surface area contributed by atoms with Crippen molar-refractivity contribution in [2.24, 2.45) is 9.98 Å². The number of hydrogen-bond donors (Lipinski definition) is 0. The van der Waals surface area contributed by atoms with Gasteiger partial charge < -0.3 is 49.5 Å². The largest absolute Gasteiger partial charge is 0.490 e. The van der Waals surface area contributed by atoms with Gasteiger partial charge in [0.2, 0.25) is 0 Å². The van der Waals surface area contributed by atoms with E-state index >= 15 is 0 Å². The average molecular weight is 1300 g/mol. The molecule has 1 unspecified atom stereocenters. The van der Waals surface area contributed by atoms with Gasteiger partial charge >= 0.3 is 0 Å². The molecule has 0 aliphatic carbocycles. The minimum Gasteiger partial charge on any atom is -0.490 e. The van der Waals surface area contributed by atoms with Crippen molar-refractivity contribution in [1.29, 1.82) is 0 Å². The van der Waals surface area contributed by atoms with Crippen LogP contribution in [0.2, 0.25) is 0 Å². The van der Waals surface area contributed by atoms with Crippen LogP contribution in [0, 0.1) is 53.2 Å². The van der Waals surface area contributed by atoms with E-state index in [1.54, 1.807) is 12.7 Å². The zero-order valence-corrected chi connectivity index (χ0v) is 44.4. The zero-order valence-electron chi connectivity index (χ0n) is 39.8. The van der Waals surface area contributed by atoms with Crippen LogP contribution in [0.4, 0.5) is 57.1 Å². The third kappa shape index (κ3) is 12.1. The zero-order chi connectivity index (χ0) is 47.6. The van der Waals surface area contributed by atoms with E-state index < -0.39 is 0 Å². The number of hydrogen-bond acceptors (Lipinski definition) is 9. The topological polar surface area (TPSA) is 107 Å². The van der Waals surface area contributed by atoms with E-state index in [-0.39, 0.29) is 42.1 Å². The summed E-state index contributed by atoms with van der Waals surface area (Å²) in [5.74, 6) is 3.18. The Balaban J connectivity index is 0.000000206. The third-order valence-corrected chi connectivity index (χ3v) is 11.3. The predicted molar refractivity (Wildman–Crippen MR) is 280 cm³/mol. The Labute approximate surface area is 445 Å². The molecule has 0 radical (unpaired) electrons. The quantitative estimate of drug-likeness (QED) is 0.0351. The van der Waals surface area contributed by atoms with E-state index in [1.165, 1.54) is 0 Å². The van der Waals surface area contributed by atoms with Gasteiger partial charge in [-0.15, -0.1) is 11.8 Å². The normalized spacial score (nSPS) is 14.5. The maximum Gasteiger partial charge on any atom is 0.170 e. The van der Waals surface area contributed by atoms with Crippen LogP contribution in [0.15, 0.2) is 180 Å². The molecule has 0 spiro atoms. The SMILES string of the molecule is C[N+]1(N2[CH-]N(c3[c-]cccc3)c3ncccc32)[CH-]N(c2[c-]cccc2)c2ncccc21.Cc1cc(C)c(OCCOc2cc(C)cc(C)c2N=C[N-]c2ccccc2)c(N=C[N-]c2ccccc2)c1.[Pt].[Pt]. The Morgan fingerprint density at radius 3 is 1.86 bits per heavy atom. The summed E-state index contributed by atoms with van der Waals surface area (Å²) in [6.07, 6.45) is 6.78. The second-order valence-electron chi connectivity index (χ2n) is 16.5. The molecule has 4 heterocycles. The van der Waals surface area contributed by atoms with Crippen LogP contribution >= 0.6 is 0 Å². The molecule has 0 saturated carbocycles. The summed E-state index contributed by atoms with van der Waals surface area (Å²) in [6, 6.07) is 58.2. The average Bonchev–Trinajstić information content (AvgIpc) is 3.92. The first-order chi connectivity index (χ1) is 33.7. The number of aryl methyl sites for hydroxylation is 4. The van der Waals surface area contributed by atoms with Crippen molar-refractivity contribution in [3.8, 4) is 11.5 Å². The molecule has 71 heavy (non-hydrogen) atoms. The van der Waals surface area contributed by atoms with Crippen molar-refractivity contribution in [3.63, 3.8) is 0 Å². The molecule has 0 fully saturated rings. The molecule has 366 valence electrons. The van der Waals surface area contributed by atoms with Crippen LogP contribution in [-0.2, 0) is 42.1 Å². The van der Waals surface area contributed by atoms with Gasteiger partial charge in [0.15, 0.2) is 11.5 Å². The van der Waals surface area contributed by atoms with Crippen molar-refractivity contribution in [2.45, 2.75) is 27.7 Å². The predicted octanol–water partition coefficient (Wildman–Crippen LogP) is 14.1. The molecule has 6 aromatic carbocycles. The van der Waals surface area contributed by atoms with Crippen molar-refractivity contribution >= 4 is 69.8 Å². The van der Waals surface area contributed by atoms with Crippen LogP contribution < -0.4 is 28.9 Å². The van der Waals surface area contributed by atoms with Crippen molar-refractivity contribution in [3.05, 3.63) is 228 Å². The van der Waals surface area contributed by atoms with Gasteiger partial charge in [-0.3, -0.25) is 0 Å². The third-order valence-electron chi connectivity index (χ3n) is 11.3. The monoisotopic (exact) mass is 1300 g/mol. The van der Waals surface area contributed by atoms with Crippen molar-refractivity contribution in [1.82, 2.24) is 14.6 Å². The summed E-state index contributed by atoms with van der Waals surface area (Å²) >= 11 is 0. The summed E-state index contributed by atoms with van der Waals surface area (Å²) < 4.78 is 12.7. The van der Waals surface area contributed by atoms with Gasteiger partial charge in [-0.2, -0.15) is 54.6 Å². The minimum absolute atomic E-state index is 0. The number of quaternary nitrogens is 1. The number of aliphatic imine (C=N–C) groups is 2. The number of fused-ring (bicyclic) bond motifs is 2. The van der Waals surface area contributed by atoms with Crippen molar-refractivity contribution in [2.75, 3.05) is 35.1 Å². The number of pyridine rings is 2. The number of aromatic nitrogens is 2. The van der Waals surface area contributed by atoms with Gasteiger partial charge in [-0.05, 0) is 86.7 Å². The summed E-state index contributed by atoms with van der Waals surface area (Å²) in [5.41, 5.74) is 11.4. The second-order valence-corrected chi connectivity index (χ2v) is 16.5. The molecule has 2 aromatic heterocycles. The van der Waals surface area contributed by atoms with Crippen LogP contribution in [0.3, 0.4) is 0 Å². The molecule has 14 heteroatoms. The van der Waals surface area contributed by atoms with E-state index in [9.17, 15) is 0 Å². The van der Waals surface area contributed by atoms with E-state index in [2.05, 4.69) is 97.2 Å². The molecule has 0 N–H and O–H groups in total. The van der Waals surface area contributed by atoms with E-state index in [0.29, 0.717) is 23.6 Å². The van der Waals surface area contributed by atoms with E-state index in [1.807, 2.05) is 174 Å². The molecule has 2 aliphatic rings. The molecular weight excluding hydrogens is 1250 g/mol.